The van der Waals surface area contributed by atoms with Gasteiger partial charge in [-0.2, -0.15) is 0 Å². The van der Waals surface area contributed by atoms with Crippen molar-refractivity contribution < 1.29 is 14.0 Å². The molecule has 0 radical (unpaired) electrons. The Morgan fingerprint density at radius 3 is 2.17 bits per heavy atom. The van der Waals surface area contributed by atoms with Crippen molar-refractivity contribution in [2.24, 2.45) is 0 Å². The maximum absolute atomic E-state index is 6.02. The number of methoxy groups -OCH3 is 1. The van der Waals surface area contributed by atoms with Crippen molar-refractivity contribution in [3.63, 3.8) is 0 Å². The summed E-state index contributed by atoms with van der Waals surface area (Å²) in [6, 6.07) is 5.82. The summed E-state index contributed by atoms with van der Waals surface area (Å²) in [5, 5.41) is 0. The lowest BCUT2D eigenvalue weighted by atomic mass is 9.78. The number of hydrogen-bond acceptors (Lipinski definition) is 3. The van der Waals surface area contributed by atoms with Gasteiger partial charge in [0.05, 0.1) is 18.3 Å². The first-order chi connectivity index (χ1) is 8.27. The van der Waals surface area contributed by atoms with Gasteiger partial charge in [-0.3, -0.25) is 0 Å². The molecule has 0 atom stereocenters. The van der Waals surface area contributed by atoms with Crippen molar-refractivity contribution in [3.8, 4) is 5.75 Å². The first-order valence-corrected chi connectivity index (χ1v) is 6.75. The fourth-order valence-corrected chi connectivity index (χ4v) is 2.24. The SMILES string of the molecule is COc1ccc(Br)cc1B1OC(C)(C)C(C)(C)O1. The minimum atomic E-state index is -0.401. The van der Waals surface area contributed by atoms with Crippen LogP contribution in [0.15, 0.2) is 22.7 Å². The molecule has 2 rings (SSSR count). The van der Waals surface area contributed by atoms with E-state index in [0.717, 1.165) is 15.7 Å². The summed E-state index contributed by atoms with van der Waals surface area (Å²) in [5.74, 6) is 0.775. The zero-order valence-electron chi connectivity index (χ0n) is 11.4. The Hall–Kier alpha value is -0.515. The van der Waals surface area contributed by atoms with Crippen LogP contribution in [0, 0.1) is 0 Å². The van der Waals surface area contributed by atoms with E-state index in [2.05, 4.69) is 15.9 Å². The predicted octanol–water partition coefficient (Wildman–Crippen LogP) is 2.76. The van der Waals surface area contributed by atoms with Gasteiger partial charge >= 0.3 is 7.12 Å². The van der Waals surface area contributed by atoms with E-state index in [-0.39, 0.29) is 11.2 Å². The number of benzene rings is 1. The van der Waals surface area contributed by atoms with Crippen LogP contribution in [0.1, 0.15) is 27.7 Å². The first kappa shape index (κ1) is 13.9. The Balaban J connectivity index is 2.37. The van der Waals surface area contributed by atoms with E-state index < -0.39 is 7.12 Å². The van der Waals surface area contributed by atoms with Crippen molar-refractivity contribution in [1.82, 2.24) is 0 Å². The number of ether oxygens (including phenoxy) is 1. The Kier molecular flexibility index (Phi) is 3.51. The second kappa shape index (κ2) is 4.55. The Morgan fingerprint density at radius 1 is 1.11 bits per heavy atom. The van der Waals surface area contributed by atoms with Gasteiger partial charge in [-0.1, -0.05) is 15.9 Å². The molecule has 0 aliphatic carbocycles. The van der Waals surface area contributed by atoms with Crippen LogP contribution in [-0.2, 0) is 9.31 Å². The van der Waals surface area contributed by atoms with Crippen molar-refractivity contribution >= 4 is 28.5 Å². The van der Waals surface area contributed by atoms with Gasteiger partial charge in [0, 0.05) is 9.94 Å². The van der Waals surface area contributed by atoms with Gasteiger partial charge in [-0.05, 0) is 45.9 Å². The molecule has 0 N–H and O–H groups in total. The van der Waals surface area contributed by atoms with Crippen LogP contribution in [0.4, 0.5) is 0 Å². The molecule has 0 spiro atoms. The fourth-order valence-electron chi connectivity index (χ4n) is 1.86. The summed E-state index contributed by atoms with van der Waals surface area (Å²) in [5.41, 5.74) is 0.223. The van der Waals surface area contributed by atoms with Crippen LogP contribution >= 0.6 is 15.9 Å². The molecule has 1 aliphatic heterocycles. The molecule has 1 aromatic carbocycles. The molecule has 5 heteroatoms. The molecule has 0 amide bonds. The van der Waals surface area contributed by atoms with Gasteiger partial charge in [-0.25, -0.2) is 0 Å². The average molecular weight is 313 g/mol. The normalized spacial score (nSPS) is 21.1. The maximum Gasteiger partial charge on any atom is 0.498 e. The van der Waals surface area contributed by atoms with E-state index in [1.54, 1.807) is 7.11 Å². The molecular formula is C13H18BBrO3. The van der Waals surface area contributed by atoms with Crippen molar-refractivity contribution in [3.05, 3.63) is 22.7 Å². The second-order valence-corrected chi connectivity index (χ2v) is 6.39. The van der Waals surface area contributed by atoms with E-state index in [9.17, 15) is 0 Å². The van der Waals surface area contributed by atoms with Crippen molar-refractivity contribution in [2.45, 2.75) is 38.9 Å². The Bertz CT molecular complexity index is 444. The summed E-state index contributed by atoms with van der Waals surface area (Å²) in [4.78, 5) is 0. The van der Waals surface area contributed by atoms with Crippen LogP contribution < -0.4 is 10.2 Å². The maximum atomic E-state index is 6.02. The summed E-state index contributed by atoms with van der Waals surface area (Å²) in [6.07, 6.45) is 0. The molecule has 0 saturated carbocycles. The molecule has 0 bridgehead atoms. The quantitative estimate of drug-likeness (QED) is 0.786. The highest BCUT2D eigenvalue weighted by Crippen LogP contribution is 2.37. The number of halogens is 1. The lowest BCUT2D eigenvalue weighted by molar-refractivity contribution is 0.00578. The molecule has 1 aromatic rings. The molecule has 0 aromatic heterocycles. The van der Waals surface area contributed by atoms with E-state index in [0.29, 0.717) is 0 Å². The van der Waals surface area contributed by atoms with Gasteiger partial charge in [-0.15, -0.1) is 0 Å². The third-order valence-electron chi connectivity index (χ3n) is 3.70. The van der Waals surface area contributed by atoms with E-state index in [4.69, 9.17) is 14.0 Å². The van der Waals surface area contributed by atoms with E-state index in [1.165, 1.54) is 0 Å². The third kappa shape index (κ3) is 2.31. The summed E-state index contributed by atoms with van der Waals surface area (Å²) in [7, 11) is 1.25. The molecule has 1 saturated heterocycles. The predicted molar refractivity (Wildman–Crippen MR) is 76.4 cm³/mol. The highest BCUT2D eigenvalue weighted by molar-refractivity contribution is 9.10. The third-order valence-corrected chi connectivity index (χ3v) is 4.19. The molecule has 1 heterocycles. The lowest BCUT2D eigenvalue weighted by Gasteiger charge is -2.32. The van der Waals surface area contributed by atoms with E-state index in [1.807, 2.05) is 45.9 Å². The molecule has 0 unspecified atom stereocenters. The van der Waals surface area contributed by atoms with Crippen LogP contribution in [0.5, 0.6) is 5.75 Å². The largest absolute Gasteiger partial charge is 0.498 e. The first-order valence-electron chi connectivity index (χ1n) is 5.96. The van der Waals surface area contributed by atoms with Gasteiger partial charge in [0.1, 0.15) is 5.75 Å². The van der Waals surface area contributed by atoms with Crippen LogP contribution in [-0.4, -0.2) is 25.4 Å². The summed E-state index contributed by atoms with van der Waals surface area (Å²) >= 11 is 3.46. The molecule has 98 valence electrons. The van der Waals surface area contributed by atoms with Crippen molar-refractivity contribution in [1.29, 1.82) is 0 Å². The van der Waals surface area contributed by atoms with Crippen molar-refractivity contribution in [2.75, 3.05) is 7.11 Å². The van der Waals surface area contributed by atoms with Crippen LogP contribution in [0.25, 0.3) is 0 Å². The Labute approximate surface area is 117 Å². The molecule has 1 aliphatic rings. The van der Waals surface area contributed by atoms with Crippen LogP contribution in [0.3, 0.4) is 0 Å². The minimum absolute atomic E-state index is 0.342. The van der Waals surface area contributed by atoms with Gasteiger partial charge in [0.25, 0.3) is 0 Å². The zero-order chi connectivity index (χ0) is 13.6. The number of hydrogen-bond donors (Lipinski definition) is 0. The smallest absolute Gasteiger partial charge is 0.497 e. The molecular weight excluding hydrogens is 295 g/mol. The zero-order valence-corrected chi connectivity index (χ0v) is 13.0. The standard InChI is InChI=1S/C13H18BBrO3/c1-12(2)13(3,4)18-14(17-12)10-8-9(15)6-7-11(10)16-5/h6-8H,1-5H3. The molecule has 18 heavy (non-hydrogen) atoms. The highest BCUT2D eigenvalue weighted by Gasteiger charge is 2.52. The van der Waals surface area contributed by atoms with Gasteiger partial charge < -0.3 is 14.0 Å². The average Bonchev–Trinajstić information content (AvgIpc) is 2.48. The fraction of sp³-hybridized carbons (Fsp3) is 0.538. The monoisotopic (exact) mass is 312 g/mol. The lowest BCUT2D eigenvalue weighted by Crippen LogP contribution is -2.41. The van der Waals surface area contributed by atoms with Gasteiger partial charge in [0.15, 0.2) is 0 Å². The number of rotatable bonds is 2. The second-order valence-electron chi connectivity index (χ2n) is 5.47. The van der Waals surface area contributed by atoms with Crippen LogP contribution in [0.2, 0.25) is 0 Å². The summed E-state index contributed by atoms with van der Waals surface area (Å²) < 4.78 is 18.4. The Morgan fingerprint density at radius 2 is 1.67 bits per heavy atom. The molecule has 3 nitrogen and oxygen atoms in total. The topological polar surface area (TPSA) is 27.7 Å². The highest BCUT2D eigenvalue weighted by atomic mass is 79.9. The summed E-state index contributed by atoms with van der Waals surface area (Å²) in [6.45, 7) is 8.16. The minimum Gasteiger partial charge on any atom is -0.497 e. The molecule has 1 fully saturated rings. The van der Waals surface area contributed by atoms with E-state index >= 15 is 0 Å². The van der Waals surface area contributed by atoms with Gasteiger partial charge in [0.2, 0.25) is 0 Å².